The van der Waals surface area contributed by atoms with Gasteiger partial charge in [-0.05, 0) is 104 Å². The minimum absolute atomic E-state index is 0.0642. The van der Waals surface area contributed by atoms with Gasteiger partial charge in [0.05, 0.1) is 25.9 Å². The predicted octanol–water partition coefficient (Wildman–Crippen LogP) is 10.1. The molecule has 4 rings (SSSR count). The van der Waals surface area contributed by atoms with Crippen LogP contribution in [0.25, 0.3) is 0 Å². The fourth-order valence-electron chi connectivity index (χ4n) is 11.0. The Bertz CT molecular complexity index is 1350. The second kappa shape index (κ2) is 19.8. The van der Waals surface area contributed by atoms with E-state index in [4.69, 9.17) is 32.8 Å². The van der Waals surface area contributed by atoms with Gasteiger partial charge in [-0.25, -0.2) is 0 Å². The van der Waals surface area contributed by atoms with E-state index < -0.39 is 8.32 Å². The number of hydrogen-bond donors (Lipinski definition) is 0. The quantitative estimate of drug-likeness (QED) is 0.0531. The number of carbonyl (C=O) groups excluding carboxylic acids is 1. The number of ketones is 1. The van der Waals surface area contributed by atoms with E-state index in [0.717, 1.165) is 49.8 Å². The lowest BCUT2D eigenvalue weighted by molar-refractivity contribution is -0.183. The van der Waals surface area contributed by atoms with Crippen molar-refractivity contribution in [1.29, 1.82) is 0 Å². The standard InChI is InChI=1S/C44H72O8Si/c1-29(2)53(30(3)4,31(5)6)52-21-19-37-36(14-13-20-49-26-34-15-17-35(48-12)18-16-34)39(33(8)45)25-44(9)40-22-32(7)23-41(50-27-46-10)38(40)24-42(43(37)44)51-28-47-11/h15-18,23,29-31,38-43H,13-14,19-22,24-28H2,1-12H3/t38-,39-,40+,41-,42+,43-,44-/m0/s1. The first kappa shape index (κ1) is 43.9. The van der Waals surface area contributed by atoms with Crippen LogP contribution in [0.5, 0.6) is 5.75 Å². The first-order chi connectivity index (χ1) is 25.2. The highest BCUT2D eigenvalue weighted by atomic mass is 28.4. The Morgan fingerprint density at radius 1 is 0.887 bits per heavy atom. The van der Waals surface area contributed by atoms with Gasteiger partial charge < -0.3 is 32.8 Å². The Kier molecular flexibility index (Phi) is 16.4. The molecule has 0 amide bonds. The highest BCUT2D eigenvalue weighted by molar-refractivity contribution is 6.77. The number of Topliss-reactive ketones (excluding diaryl/α,β-unsaturated/α-hetero) is 1. The van der Waals surface area contributed by atoms with Crippen LogP contribution >= 0.6 is 0 Å². The molecule has 1 fully saturated rings. The molecule has 3 aliphatic rings. The van der Waals surface area contributed by atoms with Crippen LogP contribution in [0.4, 0.5) is 0 Å². The van der Waals surface area contributed by atoms with Gasteiger partial charge in [0.15, 0.2) is 8.32 Å². The molecule has 0 unspecified atom stereocenters. The van der Waals surface area contributed by atoms with E-state index in [1.54, 1.807) is 28.3 Å². The van der Waals surface area contributed by atoms with Crippen LogP contribution in [-0.4, -0.2) is 74.4 Å². The third-order valence-corrected chi connectivity index (χ3v) is 19.2. The zero-order chi connectivity index (χ0) is 38.9. The SMILES string of the molecule is COCO[C@H]1C=C(C)C[C@@H]2[C@@H]1C[C@@H](OCOC)[C@@H]1C(CCO[Si](C(C)C)(C(C)C)C(C)C)=C(CCCOCc3ccc(OC)cc3)[C@H](C(C)=O)C[C@@]21C. The smallest absolute Gasteiger partial charge is 0.200 e. The van der Waals surface area contributed by atoms with E-state index in [1.165, 1.54) is 16.7 Å². The lowest BCUT2D eigenvalue weighted by Gasteiger charge is -2.60. The van der Waals surface area contributed by atoms with E-state index in [0.29, 0.717) is 42.4 Å². The van der Waals surface area contributed by atoms with Crippen LogP contribution in [0.1, 0.15) is 106 Å². The predicted molar refractivity (Wildman–Crippen MR) is 214 cm³/mol. The first-order valence-corrected chi connectivity index (χ1v) is 22.3. The Labute approximate surface area is 322 Å². The summed E-state index contributed by atoms with van der Waals surface area (Å²) in [6.45, 7) is 22.9. The summed E-state index contributed by atoms with van der Waals surface area (Å²) in [5.74, 6) is 1.66. The van der Waals surface area contributed by atoms with Crippen molar-refractivity contribution >= 4 is 14.1 Å². The molecule has 1 aromatic carbocycles. The minimum atomic E-state index is -2.11. The van der Waals surface area contributed by atoms with Crippen LogP contribution in [-0.2, 0) is 39.5 Å². The fraction of sp³-hybridized carbons (Fsp3) is 0.750. The maximum Gasteiger partial charge on any atom is 0.200 e. The Morgan fingerprint density at radius 2 is 1.53 bits per heavy atom. The van der Waals surface area contributed by atoms with Gasteiger partial charge in [0.25, 0.3) is 0 Å². The molecule has 3 aliphatic carbocycles. The molecule has 0 aromatic heterocycles. The van der Waals surface area contributed by atoms with Crippen molar-refractivity contribution in [2.75, 3.05) is 48.1 Å². The van der Waals surface area contributed by atoms with Crippen molar-refractivity contribution in [2.24, 2.45) is 29.1 Å². The highest BCUT2D eigenvalue weighted by Gasteiger charge is 2.59. The molecule has 8 nitrogen and oxygen atoms in total. The summed E-state index contributed by atoms with van der Waals surface area (Å²) in [6, 6.07) is 8.03. The largest absolute Gasteiger partial charge is 0.497 e. The summed E-state index contributed by atoms with van der Waals surface area (Å²) in [7, 11) is 2.95. The van der Waals surface area contributed by atoms with Crippen LogP contribution in [0.15, 0.2) is 47.1 Å². The molecule has 300 valence electrons. The zero-order valence-corrected chi connectivity index (χ0v) is 36.1. The summed E-state index contributed by atoms with van der Waals surface area (Å²) in [5, 5.41) is 0. The van der Waals surface area contributed by atoms with Gasteiger partial charge in [0, 0.05) is 39.3 Å². The summed E-state index contributed by atoms with van der Waals surface area (Å²) < 4.78 is 42.8. The molecule has 0 spiro atoms. The number of methoxy groups -OCH3 is 3. The molecule has 9 heteroatoms. The minimum Gasteiger partial charge on any atom is -0.497 e. The van der Waals surface area contributed by atoms with E-state index >= 15 is 0 Å². The normalized spacial score (nSPS) is 27.6. The summed E-state index contributed by atoms with van der Waals surface area (Å²) in [6.07, 6.45) is 7.28. The first-order valence-electron chi connectivity index (χ1n) is 20.2. The summed E-state index contributed by atoms with van der Waals surface area (Å²) >= 11 is 0. The van der Waals surface area contributed by atoms with Crippen molar-refractivity contribution < 1.29 is 37.6 Å². The van der Waals surface area contributed by atoms with E-state index in [1.807, 2.05) is 24.3 Å². The average Bonchev–Trinajstić information content (AvgIpc) is 3.11. The van der Waals surface area contributed by atoms with Gasteiger partial charge in [-0.1, -0.05) is 83.4 Å². The topological polar surface area (TPSA) is 81.7 Å². The number of fused-ring (bicyclic) bond motifs is 3. The maximum atomic E-state index is 13.9. The van der Waals surface area contributed by atoms with Gasteiger partial charge in [0.1, 0.15) is 25.1 Å². The van der Waals surface area contributed by atoms with Crippen molar-refractivity contribution in [2.45, 2.75) is 136 Å². The molecule has 0 heterocycles. The zero-order valence-electron chi connectivity index (χ0n) is 35.1. The molecular weight excluding hydrogens is 685 g/mol. The van der Waals surface area contributed by atoms with Gasteiger partial charge >= 0.3 is 0 Å². The number of rotatable bonds is 21. The Morgan fingerprint density at radius 3 is 2.11 bits per heavy atom. The van der Waals surface area contributed by atoms with Gasteiger partial charge in [-0.2, -0.15) is 0 Å². The molecule has 1 saturated carbocycles. The molecule has 7 atom stereocenters. The number of ether oxygens (including phenoxy) is 6. The molecule has 0 radical (unpaired) electrons. The van der Waals surface area contributed by atoms with Crippen molar-refractivity contribution in [3.8, 4) is 5.75 Å². The average molecular weight is 757 g/mol. The Hall–Kier alpha value is -1.85. The number of allylic oxidation sites excluding steroid dienone is 2. The second-order valence-electron chi connectivity index (χ2n) is 17.2. The number of benzene rings is 1. The van der Waals surface area contributed by atoms with Gasteiger partial charge in [0.2, 0.25) is 0 Å². The maximum absolute atomic E-state index is 13.9. The highest BCUT2D eigenvalue weighted by Crippen LogP contribution is 2.63. The second-order valence-corrected chi connectivity index (χ2v) is 22.7. The van der Waals surface area contributed by atoms with Crippen molar-refractivity contribution in [3.63, 3.8) is 0 Å². The summed E-state index contributed by atoms with van der Waals surface area (Å²) in [4.78, 5) is 13.9. The van der Waals surface area contributed by atoms with Gasteiger partial charge in [-0.15, -0.1) is 0 Å². The lowest BCUT2D eigenvalue weighted by Crippen LogP contribution is -2.58. The van der Waals surface area contributed by atoms with Gasteiger partial charge in [-0.3, -0.25) is 4.79 Å². The van der Waals surface area contributed by atoms with Crippen molar-refractivity contribution in [1.82, 2.24) is 0 Å². The van der Waals surface area contributed by atoms with Crippen LogP contribution in [0, 0.1) is 29.1 Å². The Balaban J connectivity index is 1.74. The summed E-state index contributed by atoms with van der Waals surface area (Å²) in [5.41, 5.74) is 6.44. The van der Waals surface area contributed by atoms with Crippen LogP contribution in [0.2, 0.25) is 16.6 Å². The van der Waals surface area contributed by atoms with E-state index in [2.05, 4.69) is 61.5 Å². The number of hydrogen-bond acceptors (Lipinski definition) is 8. The van der Waals surface area contributed by atoms with Crippen LogP contribution < -0.4 is 4.74 Å². The molecule has 0 bridgehead atoms. The molecule has 0 aliphatic heterocycles. The lowest BCUT2D eigenvalue weighted by atomic mass is 9.46. The van der Waals surface area contributed by atoms with Crippen LogP contribution in [0.3, 0.4) is 0 Å². The molecule has 0 N–H and O–H groups in total. The molecule has 53 heavy (non-hydrogen) atoms. The third kappa shape index (κ3) is 9.94. The molecule has 0 saturated heterocycles. The van der Waals surface area contributed by atoms with E-state index in [-0.39, 0.29) is 54.7 Å². The van der Waals surface area contributed by atoms with E-state index in [9.17, 15) is 4.79 Å². The fourth-order valence-corrected chi connectivity index (χ4v) is 16.4. The van der Waals surface area contributed by atoms with Crippen molar-refractivity contribution in [3.05, 3.63) is 52.6 Å². The third-order valence-electron chi connectivity index (χ3n) is 13.1. The molecular formula is C44H72O8Si. The number of carbonyl (C=O) groups is 1. The monoisotopic (exact) mass is 756 g/mol. The molecule has 1 aromatic rings.